The van der Waals surface area contributed by atoms with E-state index >= 15 is 0 Å². The summed E-state index contributed by atoms with van der Waals surface area (Å²) in [6, 6.07) is 56.4. The first-order valence-electron chi connectivity index (χ1n) is 15.8. The van der Waals surface area contributed by atoms with Gasteiger partial charge in [-0.05, 0) is 58.3 Å². The van der Waals surface area contributed by atoms with Crippen molar-refractivity contribution in [2.24, 2.45) is 5.73 Å². The zero-order valence-corrected chi connectivity index (χ0v) is 25.3. The minimum atomic E-state index is -0.223. The van der Waals surface area contributed by atoms with Crippen LogP contribution in [-0.4, -0.2) is 9.13 Å². The first-order chi connectivity index (χ1) is 22.8. The fraction of sp³-hybridized carbons (Fsp3) is 0.0476. The number of para-hydroxylation sites is 3. The highest BCUT2D eigenvalue weighted by Gasteiger charge is 2.24. The third-order valence-electron chi connectivity index (χ3n) is 9.33. The third-order valence-corrected chi connectivity index (χ3v) is 9.33. The summed E-state index contributed by atoms with van der Waals surface area (Å²) in [6.45, 7) is 0.681. The molecular weight excluding hydrogens is 560 g/mol. The van der Waals surface area contributed by atoms with Crippen molar-refractivity contribution in [1.29, 1.82) is 0 Å². The molecule has 0 bridgehead atoms. The maximum absolute atomic E-state index is 6.45. The number of fused-ring (bicyclic) bond motifs is 10. The van der Waals surface area contributed by atoms with Crippen LogP contribution < -0.4 is 11.1 Å². The third kappa shape index (κ3) is 4.08. The van der Waals surface area contributed by atoms with Crippen molar-refractivity contribution in [3.63, 3.8) is 0 Å². The van der Waals surface area contributed by atoms with Gasteiger partial charge in [-0.15, -0.1) is 0 Å². The van der Waals surface area contributed by atoms with E-state index in [4.69, 9.17) is 5.73 Å². The van der Waals surface area contributed by atoms with Gasteiger partial charge in [0, 0.05) is 39.5 Å². The van der Waals surface area contributed by atoms with E-state index in [9.17, 15) is 0 Å². The van der Waals surface area contributed by atoms with E-state index in [2.05, 4.69) is 154 Å². The van der Waals surface area contributed by atoms with Gasteiger partial charge in [0.2, 0.25) is 0 Å². The van der Waals surface area contributed by atoms with Crippen molar-refractivity contribution in [3.8, 4) is 11.4 Å². The van der Waals surface area contributed by atoms with Gasteiger partial charge in [-0.1, -0.05) is 121 Å². The van der Waals surface area contributed by atoms with Crippen molar-refractivity contribution in [1.82, 2.24) is 14.5 Å². The standard InChI is InChI=1S/C42H32N4/c43-42(29-13-3-1-4-14-29)44-27-28-23-25-31(26-24-28)46-37-22-12-10-20-35(37)39-33-18-8-7-17-32(33)38-34-19-9-11-21-36(34)45(40(38)41(39)46)30-15-5-2-6-16-30/h1-26,42,44H,27,43H2. The molecule has 1 unspecified atom stereocenters. The minimum absolute atomic E-state index is 0.223. The number of benzene rings is 7. The van der Waals surface area contributed by atoms with Gasteiger partial charge in [-0.2, -0.15) is 0 Å². The van der Waals surface area contributed by atoms with Crippen LogP contribution in [0.4, 0.5) is 0 Å². The Kier molecular flexibility index (Phi) is 6.23. The second-order valence-corrected chi connectivity index (χ2v) is 12.0. The van der Waals surface area contributed by atoms with E-state index in [1.54, 1.807) is 0 Å². The molecule has 0 aliphatic carbocycles. The molecule has 46 heavy (non-hydrogen) atoms. The normalized spacial score (nSPS) is 12.5. The fourth-order valence-corrected chi connectivity index (χ4v) is 7.28. The van der Waals surface area contributed by atoms with Crippen LogP contribution in [0.2, 0.25) is 0 Å². The van der Waals surface area contributed by atoms with Gasteiger partial charge in [-0.25, -0.2) is 0 Å². The Balaban J connectivity index is 1.33. The Bertz CT molecular complexity index is 2520. The van der Waals surface area contributed by atoms with Gasteiger partial charge in [-0.3, -0.25) is 5.32 Å². The molecule has 2 heterocycles. The molecule has 0 aliphatic rings. The predicted octanol–water partition coefficient (Wildman–Crippen LogP) is 9.78. The molecular formula is C42H32N4. The molecule has 2 aromatic heterocycles. The molecule has 0 spiro atoms. The van der Waals surface area contributed by atoms with Gasteiger partial charge in [0.25, 0.3) is 0 Å². The van der Waals surface area contributed by atoms with Gasteiger partial charge in [0.15, 0.2) is 0 Å². The summed E-state index contributed by atoms with van der Waals surface area (Å²) < 4.78 is 4.92. The Labute approximate surface area is 266 Å². The highest BCUT2D eigenvalue weighted by Crippen LogP contribution is 2.46. The second kappa shape index (κ2) is 10.7. The molecule has 1 atom stereocenters. The van der Waals surface area contributed by atoms with Gasteiger partial charge < -0.3 is 14.9 Å². The van der Waals surface area contributed by atoms with Crippen LogP contribution in [0.1, 0.15) is 17.3 Å². The number of hydrogen-bond acceptors (Lipinski definition) is 2. The van der Waals surface area contributed by atoms with Crippen LogP contribution >= 0.6 is 0 Å². The van der Waals surface area contributed by atoms with E-state index < -0.39 is 0 Å². The molecule has 0 saturated heterocycles. The molecule has 7 aromatic carbocycles. The van der Waals surface area contributed by atoms with Crippen molar-refractivity contribution < 1.29 is 0 Å². The second-order valence-electron chi connectivity index (χ2n) is 12.0. The summed E-state index contributed by atoms with van der Waals surface area (Å²) in [7, 11) is 0. The molecule has 0 fully saturated rings. The summed E-state index contributed by atoms with van der Waals surface area (Å²) in [5, 5.41) is 11.1. The predicted molar refractivity (Wildman–Crippen MR) is 193 cm³/mol. The van der Waals surface area contributed by atoms with Gasteiger partial charge in [0.1, 0.15) is 0 Å². The smallest absolute Gasteiger partial charge is 0.0812 e. The fourth-order valence-electron chi connectivity index (χ4n) is 7.28. The molecule has 0 radical (unpaired) electrons. The Hall–Kier alpha value is -5.68. The highest BCUT2D eigenvalue weighted by atomic mass is 15.0. The summed E-state index contributed by atoms with van der Waals surface area (Å²) in [6.07, 6.45) is -0.223. The number of nitrogens with one attached hydrogen (secondary N) is 1. The number of hydrogen-bond donors (Lipinski definition) is 2. The van der Waals surface area contributed by atoms with Crippen molar-refractivity contribution in [2.45, 2.75) is 12.7 Å². The summed E-state index contributed by atoms with van der Waals surface area (Å²) >= 11 is 0. The largest absolute Gasteiger partial charge is 0.312 e. The first-order valence-corrected chi connectivity index (χ1v) is 15.8. The number of rotatable bonds is 6. The average molecular weight is 593 g/mol. The van der Waals surface area contributed by atoms with Crippen molar-refractivity contribution >= 4 is 54.4 Å². The zero-order chi connectivity index (χ0) is 30.6. The molecule has 4 nitrogen and oxygen atoms in total. The number of nitrogens with zero attached hydrogens (tertiary/aromatic N) is 2. The Morgan fingerprint density at radius 1 is 0.457 bits per heavy atom. The van der Waals surface area contributed by atoms with Crippen LogP contribution in [-0.2, 0) is 6.54 Å². The summed E-state index contributed by atoms with van der Waals surface area (Å²) in [5.74, 6) is 0. The quantitative estimate of drug-likeness (QED) is 0.189. The maximum atomic E-state index is 6.45. The molecule has 9 rings (SSSR count). The lowest BCUT2D eigenvalue weighted by molar-refractivity contribution is 0.552. The average Bonchev–Trinajstić information content (AvgIpc) is 3.66. The summed E-state index contributed by atoms with van der Waals surface area (Å²) in [5.41, 5.74) is 15.8. The van der Waals surface area contributed by atoms with Gasteiger partial charge >= 0.3 is 0 Å². The van der Waals surface area contributed by atoms with Crippen LogP contribution in [0.3, 0.4) is 0 Å². The molecule has 0 saturated carbocycles. The topological polar surface area (TPSA) is 47.9 Å². The monoisotopic (exact) mass is 592 g/mol. The van der Waals surface area contributed by atoms with E-state index in [-0.39, 0.29) is 6.17 Å². The van der Waals surface area contributed by atoms with E-state index in [0.717, 1.165) is 16.9 Å². The van der Waals surface area contributed by atoms with Crippen LogP contribution in [0.5, 0.6) is 0 Å². The summed E-state index contributed by atoms with van der Waals surface area (Å²) in [4.78, 5) is 0. The number of aromatic nitrogens is 2. The SMILES string of the molecule is NC(NCc1ccc(-n2c3ccccc3c3c4ccccc4c4c5ccccc5n(-c5ccccc5)c4c32)cc1)c1ccccc1. The maximum Gasteiger partial charge on any atom is 0.0812 e. The van der Waals surface area contributed by atoms with E-state index in [1.807, 2.05) is 18.2 Å². The van der Waals surface area contributed by atoms with Crippen LogP contribution in [0, 0.1) is 0 Å². The van der Waals surface area contributed by atoms with Crippen LogP contribution in [0.25, 0.3) is 65.8 Å². The molecule has 0 amide bonds. The van der Waals surface area contributed by atoms with Crippen LogP contribution in [0.15, 0.2) is 158 Å². The Morgan fingerprint density at radius 2 is 0.891 bits per heavy atom. The van der Waals surface area contributed by atoms with Crippen molar-refractivity contribution in [3.05, 3.63) is 169 Å². The first kappa shape index (κ1) is 26.7. The van der Waals surface area contributed by atoms with Gasteiger partial charge in [0.05, 0.1) is 28.2 Å². The molecule has 4 heteroatoms. The molecule has 9 aromatic rings. The highest BCUT2D eigenvalue weighted by molar-refractivity contribution is 6.36. The molecule has 0 aliphatic heterocycles. The minimum Gasteiger partial charge on any atom is -0.312 e. The van der Waals surface area contributed by atoms with E-state index in [0.29, 0.717) is 6.54 Å². The lowest BCUT2D eigenvalue weighted by Crippen LogP contribution is -2.28. The molecule has 220 valence electrons. The zero-order valence-electron chi connectivity index (χ0n) is 25.3. The van der Waals surface area contributed by atoms with E-state index in [1.165, 1.54) is 59.9 Å². The van der Waals surface area contributed by atoms with Crippen molar-refractivity contribution in [2.75, 3.05) is 0 Å². The number of nitrogens with two attached hydrogens (primary N) is 1. The Morgan fingerprint density at radius 3 is 1.43 bits per heavy atom. The lowest BCUT2D eigenvalue weighted by atomic mass is 9.98. The molecule has 3 N–H and O–H groups in total. The lowest BCUT2D eigenvalue weighted by Gasteiger charge is -2.16.